The Hall–Kier alpha value is -0.690. The van der Waals surface area contributed by atoms with Gasteiger partial charge in [-0.3, -0.25) is 0 Å². The maximum Gasteiger partial charge on any atom is 0.246 e. The first-order chi connectivity index (χ1) is 8.41. The van der Waals surface area contributed by atoms with Crippen molar-refractivity contribution in [3.63, 3.8) is 0 Å². The third-order valence-corrected chi connectivity index (χ3v) is 4.94. The van der Waals surface area contributed by atoms with Gasteiger partial charge in [-0.15, -0.1) is 0 Å². The fourth-order valence-electron chi connectivity index (χ4n) is 1.57. The molecule has 102 valence electrons. The smallest absolute Gasteiger partial charge is 0.246 e. The lowest BCUT2D eigenvalue weighted by Crippen LogP contribution is -2.38. The second-order valence-electron chi connectivity index (χ2n) is 4.08. The molecule has 0 aliphatic rings. The van der Waals surface area contributed by atoms with Gasteiger partial charge in [-0.2, -0.15) is 4.31 Å². The second kappa shape index (κ2) is 6.47. The number of hydrogen-bond donors (Lipinski definition) is 1. The van der Waals surface area contributed by atoms with Crippen LogP contribution in [0.5, 0.6) is 0 Å². The van der Waals surface area contributed by atoms with E-state index in [9.17, 15) is 8.42 Å². The van der Waals surface area contributed by atoms with Gasteiger partial charge in [-0.25, -0.2) is 13.4 Å². The number of aliphatic hydroxyl groups is 1. The predicted molar refractivity (Wildman–Crippen MR) is 70.0 cm³/mol. The molecule has 0 saturated carbocycles. The van der Waals surface area contributed by atoms with Crippen molar-refractivity contribution in [1.82, 2.24) is 9.29 Å². The fourth-order valence-corrected chi connectivity index (χ4v) is 3.68. The minimum Gasteiger partial charge on any atom is -0.396 e. The van der Waals surface area contributed by atoms with Crippen molar-refractivity contribution in [3.05, 3.63) is 23.5 Å². The van der Waals surface area contributed by atoms with Crippen molar-refractivity contribution in [2.24, 2.45) is 0 Å². The molecule has 7 heteroatoms. The maximum absolute atomic E-state index is 12.4. The van der Waals surface area contributed by atoms with E-state index in [1.807, 2.05) is 0 Å². The Morgan fingerprint density at radius 2 is 2.17 bits per heavy atom. The molecule has 0 bridgehead atoms. The van der Waals surface area contributed by atoms with E-state index in [4.69, 9.17) is 16.7 Å². The van der Waals surface area contributed by atoms with Gasteiger partial charge in [0.15, 0.2) is 0 Å². The van der Waals surface area contributed by atoms with E-state index in [1.54, 1.807) is 13.8 Å². The van der Waals surface area contributed by atoms with Crippen molar-refractivity contribution in [1.29, 1.82) is 0 Å². The van der Waals surface area contributed by atoms with Crippen LogP contribution in [0.4, 0.5) is 0 Å². The molecule has 0 atom stereocenters. The lowest BCUT2D eigenvalue weighted by molar-refractivity contribution is 0.258. The number of aromatic nitrogens is 1. The Bertz CT molecular complexity index is 491. The maximum atomic E-state index is 12.4. The number of aliphatic hydroxyl groups excluding tert-OH is 1. The van der Waals surface area contributed by atoms with Crippen LogP contribution in [0.25, 0.3) is 0 Å². The van der Waals surface area contributed by atoms with Crippen molar-refractivity contribution >= 4 is 21.6 Å². The van der Waals surface area contributed by atoms with E-state index in [-0.39, 0.29) is 29.2 Å². The van der Waals surface area contributed by atoms with E-state index in [0.29, 0.717) is 6.42 Å². The lowest BCUT2D eigenvalue weighted by atomic mass is 10.3. The topological polar surface area (TPSA) is 70.5 Å². The highest BCUT2D eigenvalue weighted by Gasteiger charge is 2.28. The van der Waals surface area contributed by atoms with E-state index < -0.39 is 10.0 Å². The Labute approximate surface area is 112 Å². The molecular weight excluding hydrogens is 276 g/mol. The minimum atomic E-state index is -3.68. The molecule has 0 fully saturated rings. The zero-order valence-corrected chi connectivity index (χ0v) is 11.9. The van der Waals surface area contributed by atoms with Gasteiger partial charge in [0.1, 0.15) is 10.0 Å². The summed E-state index contributed by atoms with van der Waals surface area (Å²) in [6.45, 7) is 3.75. The second-order valence-corrected chi connectivity index (χ2v) is 6.30. The number of sulfonamides is 1. The Morgan fingerprint density at radius 3 is 2.67 bits per heavy atom. The molecule has 0 aliphatic carbocycles. The van der Waals surface area contributed by atoms with Crippen molar-refractivity contribution < 1.29 is 13.5 Å². The summed E-state index contributed by atoms with van der Waals surface area (Å²) >= 11 is 5.83. The molecule has 1 aromatic heterocycles. The molecule has 0 saturated heterocycles. The monoisotopic (exact) mass is 292 g/mol. The molecule has 5 nitrogen and oxygen atoms in total. The van der Waals surface area contributed by atoms with E-state index in [2.05, 4.69) is 4.98 Å². The Kier molecular flexibility index (Phi) is 5.52. The van der Waals surface area contributed by atoms with Gasteiger partial charge in [0, 0.05) is 25.4 Å². The van der Waals surface area contributed by atoms with Crippen LogP contribution in [0, 0.1) is 0 Å². The quantitative estimate of drug-likeness (QED) is 0.807. The normalized spacial score (nSPS) is 12.3. The van der Waals surface area contributed by atoms with Crippen LogP contribution in [-0.4, -0.2) is 42.0 Å². The third-order valence-electron chi connectivity index (χ3n) is 2.42. The molecule has 0 radical (unpaired) electrons. The number of nitrogens with zero attached hydrogens (tertiary/aromatic N) is 2. The average molecular weight is 293 g/mol. The van der Waals surface area contributed by atoms with Crippen LogP contribution in [0.2, 0.25) is 5.15 Å². The summed E-state index contributed by atoms with van der Waals surface area (Å²) in [5.74, 6) is 0. The largest absolute Gasteiger partial charge is 0.396 e. The molecule has 1 rings (SSSR count). The zero-order valence-electron chi connectivity index (χ0n) is 10.4. The molecule has 0 unspecified atom stereocenters. The SMILES string of the molecule is CC(C)N(CCCO)S(=O)(=O)c1cccnc1Cl. The zero-order chi connectivity index (χ0) is 13.8. The lowest BCUT2D eigenvalue weighted by Gasteiger charge is -2.25. The standard InChI is InChI=1S/C11H17ClN2O3S/c1-9(2)14(7-4-8-15)18(16,17)10-5-3-6-13-11(10)12/h3,5-6,9,15H,4,7-8H2,1-2H3. The van der Waals surface area contributed by atoms with E-state index in [1.165, 1.54) is 22.6 Å². The van der Waals surface area contributed by atoms with E-state index >= 15 is 0 Å². The van der Waals surface area contributed by atoms with Crippen molar-refractivity contribution in [2.45, 2.75) is 31.2 Å². The number of halogens is 1. The summed E-state index contributed by atoms with van der Waals surface area (Å²) in [6.07, 6.45) is 1.82. The molecule has 18 heavy (non-hydrogen) atoms. The van der Waals surface area contributed by atoms with Gasteiger partial charge in [0.2, 0.25) is 10.0 Å². The first kappa shape index (κ1) is 15.4. The van der Waals surface area contributed by atoms with Crippen LogP contribution >= 0.6 is 11.6 Å². The Morgan fingerprint density at radius 1 is 1.50 bits per heavy atom. The number of rotatable bonds is 6. The third kappa shape index (κ3) is 3.41. The summed E-state index contributed by atoms with van der Waals surface area (Å²) in [4.78, 5) is 3.78. The number of pyridine rings is 1. The fraction of sp³-hybridized carbons (Fsp3) is 0.545. The van der Waals surface area contributed by atoms with Crippen LogP contribution in [0.3, 0.4) is 0 Å². The van der Waals surface area contributed by atoms with Crippen molar-refractivity contribution in [2.75, 3.05) is 13.2 Å². The van der Waals surface area contributed by atoms with Crippen LogP contribution in [0.1, 0.15) is 20.3 Å². The van der Waals surface area contributed by atoms with E-state index in [0.717, 1.165) is 0 Å². The highest BCUT2D eigenvalue weighted by Crippen LogP contribution is 2.23. The highest BCUT2D eigenvalue weighted by atomic mass is 35.5. The highest BCUT2D eigenvalue weighted by molar-refractivity contribution is 7.89. The molecule has 1 aromatic rings. The Balaban J connectivity index is 3.14. The number of hydrogen-bond acceptors (Lipinski definition) is 4. The summed E-state index contributed by atoms with van der Waals surface area (Å²) < 4.78 is 26.2. The summed E-state index contributed by atoms with van der Waals surface area (Å²) in [5, 5.41) is 8.79. The van der Waals surface area contributed by atoms with Gasteiger partial charge < -0.3 is 5.11 Å². The molecular formula is C11H17ClN2O3S. The van der Waals surface area contributed by atoms with Gasteiger partial charge >= 0.3 is 0 Å². The first-order valence-electron chi connectivity index (χ1n) is 5.64. The predicted octanol–water partition coefficient (Wildman–Crippen LogP) is 1.52. The molecule has 0 spiro atoms. The molecule has 1 heterocycles. The van der Waals surface area contributed by atoms with Gasteiger partial charge in [0.25, 0.3) is 0 Å². The van der Waals surface area contributed by atoms with Gasteiger partial charge in [-0.1, -0.05) is 11.6 Å². The minimum absolute atomic E-state index is 0.00157. The first-order valence-corrected chi connectivity index (χ1v) is 7.46. The molecule has 0 aliphatic heterocycles. The summed E-state index contributed by atoms with van der Waals surface area (Å²) in [5.41, 5.74) is 0. The summed E-state index contributed by atoms with van der Waals surface area (Å²) in [7, 11) is -3.68. The molecule has 0 amide bonds. The average Bonchev–Trinajstić information content (AvgIpc) is 2.29. The van der Waals surface area contributed by atoms with Gasteiger partial charge in [-0.05, 0) is 32.4 Å². The molecule has 1 N–H and O–H groups in total. The summed E-state index contributed by atoms with van der Waals surface area (Å²) in [6, 6.07) is 2.75. The molecule has 0 aromatic carbocycles. The van der Waals surface area contributed by atoms with Crippen LogP contribution in [-0.2, 0) is 10.0 Å². The van der Waals surface area contributed by atoms with Gasteiger partial charge in [0.05, 0.1) is 0 Å². The van der Waals surface area contributed by atoms with Crippen LogP contribution < -0.4 is 0 Å². The van der Waals surface area contributed by atoms with Crippen molar-refractivity contribution in [3.8, 4) is 0 Å². The van der Waals surface area contributed by atoms with Crippen LogP contribution in [0.15, 0.2) is 23.2 Å².